The van der Waals surface area contributed by atoms with Crippen LogP contribution in [0.4, 0.5) is 37.7 Å². The summed E-state index contributed by atoms with van der Waals surface area (Å²) in [5.41, 5.74) is 5.35. The molecule has 0 fully saturated rings. The molecule has 3 aliphatic rings. The van der Waals surface area contributed by atoms with E-state index in [4.69, 9.17) is 0 Å². The second-order valence-electron chi connectivity index (χ2n) is 16.2. The van der Waals surface area contributed by atoms with Crippen LogP contribution >= 0.6 is 0 Å². The fraction of sp³-hybridized carbons (Fsp3) is 0.0943. The van der Waals surface area contributed by atoms with Crippen molar-refractivity contribution in [1.82, 2.24) is 4.57 Å². The molecule has 2 unspecified atom stereocenters. The first-order valence-corrected chi connectivity index (χ1v) is 20.1. The predicted octanol–water partition coefficient (Wildman–Crippen LogP) is 15.0. The number of anilines is 2. The second-order valence-corrected chi connectivity index (χ2v) is 16.2. The minimum absolute atomic E-state index is 0.00655. The van der Waals surface area contributed by atoms with Crippen molar-refractivity contribution in [1.29, 1.82) is 0 Å². The van der Waals surface area contributed by atoms with E-state index in [1.54, 1.807) is 24.3 Å². The lowest BCUT2D eigenvalue weighted by Crippen LogP contribution is -2.43. The van der Waals surface area contributed by atoms with Gasteiger partial charge in [0.1, 0.15) is 0 Å². The van der Waals surface area contributed by atoms with Gasteiger partial charge in [-0.15, -0.1) is 0 Å². The fourth-order valence-corrected chi connectivity index (χ4v) is 10.2. The lowest BCUT2D eigenvalue weighted by molar-refractivity contribution is -0.301. The van der Waals surface area contributed by atoms with Gasteiger partial charge < -0.3 is 9.47 Å². The van der Waals surface area contributed by atoms with E-state index in [-0.39, 0.29) is 33.5 Å². The highest BCUT2D eigenvalue weighted by atomic mass is 19.3. The Kier molecular flexibility index (Phi) is 7.34. The Hall–Kier alpha value is -7.06. The SMILES string of the molecule is FC1(F)c2c(c3cc(-c4ccc5c(c4)c4ccccc4n5-c4ccccc4)ccc3c3ccc(-c4ccc5c(c4)C4C=CC=CC4N5c4ccccc4)cc23)C(F)(F)C1(F)F. The van der Waals surface area contributed by atoms with Gasteiger partial charge in [-0.2, -0.15) is 26.3 Å². The van der Waals surface area contributed by atoms with Gasteiger partial charge in [0.25, 0.3) is 0 Å². The van der Waals surface area contributed by atoms with E-state index in [9.17, 15) is 0 Å². The number of hydrogen-bond donors (Lipinski definition) is 0. The number of para-hydroxylation sites is 3. The monoisotopic (exact) mass is 810 g/mol. The third kappa shape index (κ3) is 4.81. The molecule has 2 aliphatic carbocycles. The number of nitrogens with zero attached hydrogens (tertiary/aromatic N) is 2. The summed E-state index contributed by atoms with van der Waals surface area (Å²) in [5.74, 6) is -16.0. The zero-order chi connectivity index (χ0) is 41.4. The van der Waals surface area contributed by atoms with Crippen LogP contribution in [0.15, 0.2) is 182 Å². The lowest BCUT2D eigenvalue weighted by Gasteiger charge is -2.28. The van der Waals surface area contributed by atoms with Crippen molar-refractivity contribution in [2.45, 2.75) is 29.7 Å². The smallest absolute Gasteiger partial charge is 0.333 e. The molecule has 296 valence electrons. The molecule has 2 nitrogen and oxygen atoms in total. The van der Waals surface area contributed by atoms with E-state index in [2.05, 4.69) is 21.6 Å². The molecule has 1 aliphatic heterocycles. The molecule has 0 saturated heterocycles. The maximum atomic E-state index is 16.2. The normalized spacial score (nSPS) is 19.2. The van der Waals surface area contributed by atoms with E-state index in [1.165, 1.54) is 12.1 Å². The van der Waals surface area contributed by atoms with E-state index in [1.807, 2.05) is 133 Å². The first-order chi connectivity index (χ1) is 29.5. The highest BCUT2D eigenvalue weighted by Crippen LogP contribution is 2.66. The Labute approximate surface area is 345 Å². The minimum Gasteiger partial charge on any atom is -0.333 e. The summed E-state index contributed by atoms with van der Waals surface area (Å²) in [4.78, 5) is 2.25. The van der Waals surface area contributed by atoms with Crippen LogP contribution in [0.25, 0.3) is 71.3 Å². The Morgan fingerprint density at radius 1 is 0.410 bits per heavy atom. The standard InChI is InChI=1S/C53H32F6N2/c54-51(55)49-43-29-31(33-21-25-47-41(27-33)39-15-7-9-17-45(39)60(47)35-11-3-1-4-12-35)19-23-37(43)38-24-20-32(30-44(38)50(49)52(56,57)53(51,58)59)34-22-26-48-42(28-34)40-16-8-10-18-46(40)61(48)36-13-5-2-6-14-36/h1-30,39,45H. The highest BCUT2D eigenvalue weighted by molar-refractivity contribution is 6.14. The Morgan fingerprint density at radius 2 is 0.918 bits per heavy atom. The molecule has 1 aromatic heterocycles. The number of rotatable bonds is 4. The van der Waals surface area contributed by atoms with E-state index in [0.717, 1.165) is 44.4 Å². The Bertz CT molecular complexity index is 3370. The molecule has 0 N–H and O–H groups in total. The second kappa shape index (κ2) is 12.5. The summed E-state index contributed by atoms with van der Waals surface area (Å²) in [7, 11) is 0. The lowest BCUT2D eigenvalue weighted by atomic mass is 9.87. The maximum Gasteiger partial charge on any atom is 0.380 e. The number of fused-ring (bicyclic) bond motifs is 12. The summed E-state index contributed by atoms with van der Waals surface area (Å²) >= 11 is 0. The van der Waals surface area contributed by atoms with Crippen molar-refractivity contribution >= 4 is 54.7 Å². The minimum atomic E-state index is -5.67. The van der Waals surface area contributed by atoms with Gasteiger partial charge in [-0.3, -0.25) is 0 Å². The highest BCUT2D eigenvalue weighted by Gasteiger charge is 2.80. The average Bonchev–Trinajstić information content (AvgIpc) is 3.84. The van der Waals surface area contributed by atoms with Crippen molar-refractivity contribution in [3.63, 3.8) is 0 Å². The average molecular weight is 811 g/mol. The Balaban J connectivity index is 1.04. The molecule has 0 saturated carbocycles. The van der Waals surface area contributed by atoms with Gasteiger partial charge in [-0.1, -0.05) is 115 Å². The van der Waals surface area contributed by atoms with E-state index in [0.29, 0.717) is 22.3 Å². The summed E-state index contributed by atoms with van der Waals surface area (Å²) in [6.07, 6.45) is 8.26. The predicted molar refractivity (Wildman–Crippen MR) is 233 cm³/mol. The van der Waals surface area contributed by atoms with Crippen LogP contribution in [0, 0.1) is 0 Å². The molecule has 0 spiro atoms. The number of halogens is 6. The van der Waals surface area contributed by atoms with Gasteiger partial charge in [0, 0.05) is 44.9 Å². The van der Waals surface area contributed by atoms with Crippen LogP contribution in [0.2, 0.25) is 0 Å². The molecule has 9 aromatic rings. The van der Waals surface area contributed by atoms with E-state index < -0.39 is 28.9 Å². The summed E-state index contributed by atoms with van der Waals surface area (Å²) < 4.78 is 98.2. The number of allylic oxidation sites excluding steroid dienone is 2. The molecule has 2 atom stereocenters. The quantitative estimate of drug-likeness (QED) is 0.127. The molecule has 8 aromatic carbocycles. The van der Waals surface area contributed by atoms with Crippen LogP contribution in [-0.2, 0) is 11.8 Å². The van der Waals surface area contributed by atoms with Crippen molar-refractivity contribution in [3.05, 3.63) is 199 Å². The number of aromatic nitrogens is 1. The zero-order valence-electron chi connectivity index (χ0n) is 32.1. The topological polar surface area (TPSA) is 8.17 Å². The number of alkyl halides is 6. The van der Waals surface area contributed by atoms with Crippen molar-refractivity contribution in [3.8, 4) is 27.9 Å². The summed E-state index contributed by atoms with van der Waals surface area (Å²) in [6, 6.07) is 48.8. The first kappa shape index (κ1) is 35.8. The van der Waals surface area contributed by atoms with Crippen molar-refractivity contribution < 1.29 is 26.3 Å². The molecule has 0 radical (unpaired) electrons. The van der Waals surface area contributed by atoms with Gasteiger partial charge in [0.15, 0.2) is 0 Å². The zero-order valence-corrected chi connectivity index (χ0v) is 32.1. The van der Waals surface area contributed by atoms with Crippen LogP contribution in [0.5, 0.6) is 0 Å². The van der Waals surface area contributed by atoms with Crippen molar-refractivity contribution in [2.24, 2.45) is 0 Å². The van der Waals surface area contributed by atoms with Crippen molar-refractivity contribution in [2.75, 3.05) is 4.90 Å². The van der Waals surface area contributed by atoms with Crippen LogP contribution in [0.1, 0.15) is 22.6 Å². The molecular weight excluding hydrogens is 779 g/mol. The molecule has 8 heteroatoms. The van der Waals surface area contributed by atoms with Gasteiger partial charge in [-0.05, 0) is 116 Å². The maximum absolute atomic E-state index is 16.2. The third-order valence-corrected chi connectivity index (χ3v) is 13.0. The molecule has 0 amide bonds. The molecule has 12 rings (SSSR count). The molecule has 0 bridgehead atoms. The van der Waals surface area contributed by atoms with Gasteiger partial charge >= 0.3 is 17.8 Å². The molecule has 61 heavy (non-hydrogen) atoms. The van der Waals surface area contributed by atoms with Gasteiger partial charge in [0.05, 0.1) is 17.1 Å². The van der Waals surface area contributed by atoms with Gasteiger partial charge in [-0.25, -0.2) is 0 Å². The Morgan fingerprint density at radius 3 is 1.57 bits per heavy atom. The van der Waals surface area contributed by atoms with Crippen LogP contribution < -0.4 is 4.90 Å². The molecular formula is C53H32F6N2. The van der Waals surface area contributed by atoms with E-state index >= 15 is 26.3 Å². The third-order valence-electron chi connectivity index (χ3n) is 13.0. The molecule has 2 heterocycles. The summed E-state index contributed by atoms with van der Waals surface area (Å²) in [5, 5.41) is 1.57. The van der Waals surface area contributed by atoms with Crippen LogP contribution in [-0.4, -0.2) is 16.5 Å². The van der Waals surface area contributed by atoms with Crippen LogP contribution in [0.3, 0.4) is 0 Å². The summed E-state index contributed by atoms with van der Waals surface area (Å²) in [6.45, 7) is 0. The fourth-order valence-electron chi connectivity index (χ4n) is 10.2. The number of hydrogen-bond acceptors (Lipinski definition) is 1. The number of benzene rings is 8. The largest absolute Gasteiger partial charge is 0.380 e. The van der Waals surface area contributed by atoms with Gasteiger partial charge in [0.2, 0.25) is 0 Å². The first-order valence-electron chi connectivity index (χ1n) is 20.1.